The molecule has 0 unspecified atom stereocenters. The maximum absolute atomic E-state index is 12.4. The van der Waals surface area contributed by atoms with Gasteiger partial charge in [0, 0.05) is 19.0 Å². The molecule has 0 aliphatic carbocycles. The van der Waals surface area contributed by atoms with Gasteiger partial charge in [-0.1, -0.05) is 12.1 Å². The number of fused-ring (bicyclic) bond motifs is 1. The minimum Gasteiger partial charge on any atom is -0.497 e. The van der Waals surface area contributed by atoms with Crippen molar-refractivity contribution in [3.63, 3.8) is 0 Å². The zero-order valence-electron chi connectivity index (χ0n) is 14.9. The van der Waals surface area contributed by atoms with Crippen LogP contribution in [0.1, 0.15) is 30.6 Å². The third-order valence-corrected chi connectivity index (χ3v) is 4.48. The molecule has 1 aromatic heterocycles. The topological polar surface area (TPSA) is 78.3 Å². The van der Waals surface area contributed by atoms with Gasteiger partial charge in [0.05, 0.1) is 13.7 Å². The number of carbonyl (C=O) groups excluding carboxylic acids is 1. The highest BCUT2D eigenvalue weighted by atomic mass is 16.5. The number of aryl methyl sites for hydroxylation is 2. The van der Waals surface area contributed by atoms with Crippen molar-refractivity contribution in [2.45, 2.75) is 52.0 Å². The van der Waals surface area contributed by atoms with E-state index < -0.39 is 6.10 Å². The van der Waals surface area contributed by atoms with E-state index in [0.717, 1.165) is 35.8 Å². The lowest BCUT2D eigenvalue weighted by Crippen LogP contribution is -2.45. The van der Waals surface area contributed by atoms with Crippen molar-refractivity contribution in [2.75, 3.05) is 7.11 Å². The first-order chi connectivity index (χ1) is 12.1. The Bertz CT molecular complexity index is 744. The molecule has 7 nitrogen and oxygen atoms in total. The van der Waals surface area contributed by atoms with Gasteiger partial charge in [-0.15, -0.1) is 10.2 Å². The van der Waals surface area contributed by atoms with Crippen LogP contribution in [0.3, 0.4) is 0 Å². The number of benzene rings is 1. The summed E-state index contributed by atoms with van der Waals surface area (Å²) in [5.74, 6) is 2.56. The number of methoxy groups -OCH3 is 1. The van der Waals surface area contributed by atoms with Crippen LogP contribution in [-0.4, -0.2) is 39.9 Å². The van der Waals surface area contributed by atoms with Gasteiger partial charge < -0.3 is 19.4 Å². The minimum atomic E-state index is -0.519. The van der Waals surface area contributed by atoms with Crippen LogP contribution in [0, 0.1) is 6.92 Å². The summed E-state index contributed by atoms with van der Waals surface area (Å²) in [5.41, 5.74) is 0.974. The third-order valence-electron chi connectivity index (χ3n) is 4.48. The Morgan fingerprint density at radius 2 is 2.28 bits per heavy atom. The standard InChI is InChI=1S/C18H24N4O3/c1-12(25-11-14-5-4-6-16(9-14)24-3)18(23)19-15-7-8-17-21-20-13(2)22(17)10-15/h4-6,9,12,15H,7-8,10-11H2,1-3H3,(H,19,23)/t12-,15-/m1/s1. The predicted octanol–water partition coefficient (Wildman–Crippen LogP) is 1.63. The number of hydrogen-bond acceptors (Lipinski definition) is 5. The molecule has 3 rings (SSSR count). The highest BCUT2D eigenvalue weighted by Gasteiger charge is 2.24. The second-order valence-corrected chi connectivity index (χ2v) is 6.32. The van der Waals surface area contributed by atoms with E-state index in [-0.39, 0.29) is 11.9 Å². The molecule has 2 atom stereocenters. The first-order valence-electron chi connectivity index (χ1n) is 8.50. The molecular formula is C18H24N4O3. The second kappa shape index (κ2) is 7.65. The van der Waals surface area contributed by atoms with Crippen LogP contribution in [0.15, 0.2) is 24.3 Å². The molecule has 1 aliphatic heterocycles. The van der Waals surface area contributed by atoms with Gasteiger partial charge in [0.25, 0.3) is 0 Å². The summed E-state index contributed by atoms with van der Waals surface area (Å²) in [6.45, 7) is 4.78. The Kier molecular flexibility index (Phi) is 5.33. The predicted molar refractivity (Wildman–Crippen MR) is 92.3 cm³/mol. The van der Waals surface area contributed by atoms with Crippen molar-refractivity contribution in [2.24, 2.45) is 0 Å². The number of aromatic nitrogens is 3. The Balaban J connectivity index is 1.50. The Labute approximate surface area is 147 Å². The van der Waals surface area contributed by atoms with E-state index in [1.54, 1.807) is 14.0 Å². The van der Waals surface area contributed by atoms with Crippen molar-refractivity contribution >= 4 is 5.91 Å². The molecule has 0 spiro atoms. The second-order valence-electron chi connectivity index (χ2n) is 6.32. The van der Waals surface area contributed by atoms with E-state index in [1.807, 2.05) is 31.2 Å². The summed E-state index contributed by atoms with van der Waals surface area (Å²) in [4.78, 5) is 12.4. The smallest absolute Gasteiger partial charge is 0.249 e. The van der Waals surface area contributed by atoms with Crippen LogP contribution >= 0.6 is 0 Å². The minimum absolute atomic E-state index is 0.0811. The molecule has 25 heavy (non-hydrogen) atoms. The van der Waals surface area contributed by atoms with Gasteiger partial charge >= 0.3 is 0 Å². The maximum atomic E-state index is 12.4. The van der Waals surface area contributed by atoms with Gasteiger partial charge in [0.2, 0.25) is 5.91 Å². The molecule has 7 heteroatoms. The largest absolute Gasteiger partial charge is 0.497 e. The van der Waals surface area contributed by atoms with E-state index >= 15 is 0 Å². The number of ether oxygens (including phenoxy) is 2. The molecule has 0 fully saturated rings. The zero-order valence-corrected chi connectivity index (χ0v) is 14.9. The van der Waals surface area contributed by atoms with Gasteiger partial charge in [-0.2, -0.15) is 0 Å². The lowest BCUT2D eigenvalue weighted by molar-refractivity contribution is -0.133. The average molecular weight is 344 g/mol. The molecule has 0 saturated heterocycles. The number of amides is 1. The lowest BCUT2D eigenvalue weighted by atomic mass is 10.1. The monoisotopic (exact) mass is 344 g/mol. The van der Waals surface area contributed by atoms with Crippen LogP contribution in [0.25, 0.3) is 0 Å². The van der Waals surface area contributed by atoms with E-state index in [1.165, 1.54) is 0 Å². The molecule has 1 aromatic carbocycles. The fraction of sp³-hybridized carbons (Fsp3) is 0.500. The molecule has 1 N–H and O–H groups in total. The molecular weight excluding hydrogens is 320 g/mol. The summed E-state index contributed by atoms with van der Waals surface area (Å²) < 4.78 is 13.0. The van der Waals surface area contributed by atoms with Crippen molar-refractivity contribution in [1.29, 1.82) is 0 Å². The van der Waals surface area contributed by atoms with Gasteiger partial charge in [0.1, 0.15) is 23.5 Å². The maximum Gasteiger partial charge on any atom is 0.249 e. The number of nitrogens with one attached hydrogen (secondary N) is 1. The quantitative estimate of drug-likeness (QED) is 0.862. The highest BCUT2D eigenvalue weighted by Crippen LogP contribution is 2.16. The van der Waals surface area contributed by atoms with E-state index in [9.17, 15) is 4.79 Å². The van der Waals surface area contributed by atoms with Crippen molar-refractivity contribution in [1.82, 2.24) is 20.1 Å². The fourth-order valence-electron chi connectivity index (χ4n) is 2.96. The molecule has 134 valence electrons. The fourth-order valence-corrected chi connectivity index (χ4v) is 2.96. The Morgan fingerprint density at radius 3 is 3.08 bits per heavy atom. The van der Waals surface area contributed by atoms with Crippen LogP contribution in [0.5, 0.6) is 5.75 Å². The van der Waals surface area contributed by atoms with Crippen LogP contribution < -0.4 is 10.1 Å². The molecule has 0 radical (unpaired) electrons. The van der Waals surface area contributed by atoms with E-state index in [2.05, 4.69) is 20.1 Å². The number of nitrogens with zero attached hydrogens (tertiary/aromatic N) is 3. The molecule has 2 aromatic rings. The molecule has 0 bridgehead atoms. The first kappa shape index (κ1) is 17.4. The van der Waals surface area contributed by atoms with Crippen molar-refractivity contribution in [3.8, 4) is 5.75 Å². The number of hydrogen-bond donors (Lipinski definition) is 1. The number of carbonyl (C=O) groups is 1. The summed E-state index contributed by atoms with van der Waals surface area (Å²) in [6, 6.07) is 7.72. The molecule has 2 heterocycles. The van der Waals surface area contributed by atoms with Crippen LogP contribution in [-0.2, 0) is 29.1 Å². The van der Waals surface area contributed by atoms with Crippen LogP contribution in [0.2, 0.25) is 0 Å². The summed E-state index contributed by atoms with van der Waals surface area (Å²) in [5, 5.41) is 11.3. The van der Waals surface area contributed by atoms with E-state index in [4.69, 9.17) is 9.47 Å². The van der Waals surface area contributed by atoms with Crippen molar-refractivity contribution in [3.05, 3.63) is 41.5 Å². The normalized spacial score (nSPS) is 17.6. The number of rotatable bonds is 6. The van der Waals surface area contributed by atoms with E-state index in [0.29, 0.717) is 13.2 Å². The Morgan fingerprint density at radius 1 is 1.44 bits per heavy atom. The van der Waals surface area contributed by atoms with Crippen molar-refractivity contribution < 1.29 is 14.3 Å². The van der Waals surface area contributed by atoms with Crippen LogP contribution in [0.4, 0.5) is 0 Å². The lowest BCUT2D eigenvalue weighted by Gasteiger charge is -2.26. The highest BCUT2D eigenvalue weighted by molar-refractivity contribution is 5.80. The summed E-state index contributed by atoms with van der Waals surface area (Å²) >= 11 is 0. The Hall–Kier alpha value is -2.41. The molecule has 1 aliphatic rings. The summed E-state index contributed by atoms with van der Waals surface area (Å²) in [7, 11) is 1.63. The average Bonchev–Trinajstić information content (AvgIpc) is 3.00. The van der Waals surface area contributed by atoms with Gasteiger partial charge in [-0.3, -0.25) is 4.79 Å². The molecule has 0 saturated carbocycles. The summed E-state index contributed by atoms with van der Waals surface area (Å²) in [6.07, 6.45) is 1.17. The molecule has 1 amide bonds. The first-order valence-corrected chi connectivity index (χ1v) is 8.50. The zero-order chi connectivity index (χ0) is 17.8. The van der Waals surface area contributed by atoms with Gasteiger partial charge in [-0.25, -0.2) is 0 Å². The third kappa shape index (κ3) is 4.17. The van der Waals surface area contributed by atoms with Gasteiger partial charge in [-0.05, 0) is 38.0 Å². The SMILES string of the molecule is COc1cccc(CO[C@H](C)C(=O)N[C@@H]2CCc3nnc(C)n3C2)c1. The van der Waals surface area contributed by atoms with Gasteiger partial charge in [0.15, 0.2) is 0 Å².